The molecule has 1 amide bonds. The van der Waals surface area contributed by atoms with Crippen molar-refractivity contribution in [3.05, 3.63) is 64.3 Å². The van der Waals surface area contributed by atoms with Crippen LogP contribution in [-0.4, -0.2) is 56.3 Å². The Hall–Kier alpha value is -2.52. The summed E-state index contributed by atoms with van der Waals surface area (Å²) < 4.78 is 52.6. The molecule has 0 unspecified atom stereocenters. The van der Waals surface area contributed by atoms with Crippen molar-refractivity contribution in [3.8, 4) is 0 Å². The molecular weight excluding hydrogens is 442 g/mol. The molecule has 4 nitrogen and oxygen atoms in total. The number of likely N-dealkylation sites (N-methyl/N-ethyl adjacent to an activating group) is 1. The van der Waals surface area contributed by atoms with Crippen LogP contribution in [0.5, 0.6) is 0 Å². The smallest absolute Gasteiger partial charge is 0.368 e. The van der Waals surface area contributed by atoms with Gasteiger partial charge in [-0.25, -0.2) is 4.39 Å². The van der Waals surface area contributed by atoms with Crippen LogP contribution in [0.2, 0.25) is 0 Å². The molecule has 2 aromatic rings. The highest BCUT2D eigenvalue weighted by Crippen LogP contribution is 2.34. The third-order valence-corrected chi connectivity index (χ3v) is 6.65. The molecule has 0 aliphatic carbocycles. The van der Waals surface area contributed by atoms with Crippen LogP contribution < -0.4 is 9.80 Å². The number of anilines is 2. The van der Waals surface area contributed by atoms with Crippen molar-refractivity contribution in [2.45, 2.75) is 6.18 Å². The number of hydrogen-bond donors (Lipinski definition) is 0. The topological polar surface area (TPSA) is 26.8 Å². The molecule has 0 N–H and O–H groups in total. The van der Waals surface area contributed by atoms with E-state index in [-0.39, 0.29) is 11.7 Å². The lowest BCUT2D eigenvalue weighted by Gasteiger charge is -2.35. The number of benzene rings is 2. The van der Waals surface area contributed by atoms with Crippen molar-refractivity contribution in [2.24, 2.45) is 0 Å². The molecule has 0 bridgehead atoms. The molecular formula is C23H23F4N3OS. The number of rotatable bonds is 3. The third kappa shape index (κ3) is 4.94. The predicted octanol–water partition coefficient (Wildman–Crippen LogP) is 4.72. The predicted molar refractivity (Wildman–Crippen MR) is 120 cm³/mol. The number of piperazine rings is 1. The monoisotopic (exact) mass is 465 g/mol. The van der Waals surface area contributed by atoms with Crippen molar-refractivity contribution < 1.29 is 22.4 Å². The fourth-order valence-electron chi connectivity index (χ4n) is 3.84. The number of halogens is 4. The Kier molecular flexibility index (Phi) is 6.48. The summed E-state index contributed by atoms with van der Waals surface area (Å²) >= 11 is 1.37. The standard InChI is InChI=1S/C23H23F4N3OS/c1-28-8-10-29(11-9-28)20-7-4-18(24)14-16(20)15-21-22(31)30(12-13-32-21)19-5-2-17(3-6-19)23(25,26)27/h2-7,14-15H,8-13H2,1H3. The van der Waals surface area contributed by atoms with Gasteiger partial charge in [0.05, 0.1) is 10.5 Å². The van der Waals surface area contributed by atoms with Crippen molar-refractivity contribution in [1.82, 2.24) is 4.90 Å². The average Bonchev–Trinajstić information content (AvgIpc) is 2.76. The van der Waals surface area contributed by atoms with E-state index < -0.39 is 11.7 Å². The minimum absolute atomic E-state index is 0.297. The zero-order valence-electron chi connectivity index (χ0n) is 17.5. The van der Waals surface area contributed by atoms with Gasteiger partial charge in [-0.05, 0) is 55.6 Å². The molecule has 2 aliphatic rings. The normalized spacial score (nSPS) is 19.7. The van der Waals surface area contributed by atoms with Gasteiger partial charge in [0.1, 0.15) is 5.82 Å². The first-order valence-electron chi connectivity index (χ1n) is 10.3. The van der Waals surface area contributed by atoms with E-state index in [4.69, 9.17) is 0 Å². The highest BCUT2D eigenvalue weighted by atomic mass is 32.2. The number of carbonyl (C=O) groups is 1. The summed E-state index contributed by atoms with van der Waals surface area (Å²) in [7, 11) is 2.05. The highest BCUT2D eigenvalue weighted by molar-refractivity contribution is 8.04. The second-order valence-corrected chi connectivity index (χ2v) is 8.99. The fraction of sp³-hybridized carbons (Fsp3) is 0.348. The van der Waals surface area contributed by atoms with E-state index >= 15 is 0 Å². The minimum Gasteiger partial charge on any atom is -0.368 e. The molecule has 0 atom stereocenters. The van der Waals surface area contributed by atoms with Gasteiger partial charge in [-0.1, -0.05) is 0 Å². The van der Waals surface area contributed by atoms with Crippen LogP contribution in [0.4, 0.5) is 28.9 Å². The Morgan fingerprint density at radius 3 is 2.31 bits per heavy atom. The second kappa shape index (κ2) is 9.15. The van der Waals surface area contributed by atoms with Gasteiger partial charge in [-0.3, -0.25) is 4.79 Å². The molecule has 0 aromatic heterocycles. The maximum absolute atomic E-state index is 14.1. The molecule has 0 spiro atoms. The van der Waals surface area contributed by atoms with Gasteiger partial charge in [0, 0.05) is 55.4 Å². The molecule has 0 radical (unpaired) electrons. The largest absolute Gasteiger partial charge is 0.416 e. The zero-order chi connectivity index (χ0) is 22.9. The average molecular weight is 466 g/mol. The van der Waals surface area contributed by atoms with E-state index in [1.54, 1.807) is 12.1 Å². The molecule has 2 aromatic carbocycles. The van der Waals surface area contributed by atoms with Crippen LogP contribution in [0.15, 0.2) is 47.4 Å². The number of hydrogen-bond acceptors (Lipinski definition) is 4. The first-order chi connectivity index (χ1) is 15.2. The second-order valence-electron chi connectivity index (χ2n) is 7.85. The summed E-state index contributed by atoms with van der Waals surface area (Å²) in [6.45, 7) is 3.78. The van der Waals surface area contributed by atoms with Crippen LogP contribution in [0.25, 0.3) is 6.08 Å². The van der Waals surface area contributed by atoms with Crippen LogP contribution in [0.1, 0.15) is 11.1 Å². The van der Waals surface area contributed by atoms with Gasteiger partial charge < -0.3 is 14.7 Å². The lowest BCUT2D eigenvalue weighted by Crippen LogP contribution is -2.44. The van der Waals surface area contributed by atoms with Gasteiger partial charge in [0.15, 0.2) is 0 Å². The number of alkyl halides is 3. The number of thioether (sulfide) groups is 1. The van der Waals surface area contributed by atoms with E-state index in [0.29, 0.717) is 28.5 Å². The summed E-state index contributed by atoms with van der Waals surface area (Å²) in [5.74, 6) is -0.0882. The van der Waals surface area contributed by atoms with Crippen LogP contribution in [0.3, 0.4) is 0 Å². The van der Waals surface area contributed by atoms with E-state index in [1.165, 1.54) is 40.9 Å². The van der Waals surface area contributed by atoms with Gasteiger partial charge in [0.25, 0.3) is 5.91 Å². The SMILES string of the molecule is CN1CCN(c2ccc(F)cc2C=C2SCCN(c3ccc(C(F)(F)F)cc3)C2=O)CC1. The van der Waals surface area contributed by atoms with Crippen molar-refractivity contribution >= 4 is 35.1 Å². The van der Waals surface area contributed by atoms with E-state index in [2.05, 4.69) is 16.8 Å². The number of amides is 1. The molecule has 0 saturated carbocycles. The minimum atomic E-state index is -4.43. The summed E-state index contributed by atoms with van der Waals surface area (Å²) in [6, 6.07) is 9.15. The third-order valence-electron chi connectivity index (χ3n) is 5.65. The van der Waals surface area contributed by atoms with E-state index in [1.807, 2.05) is 0 Å². The molecule has 32 heavy (non-hydrogen) atoms. The van der Waals surface area contributed by atoms with Crippen molar-refractivity contribution in [1.29, 1.82) is 0 Å². The van der Waals surface area contributed by atoms with Gasteiger partial charge in [-0.2, -0.15) is 13.2 Å². The Balaban J connectivity index is 1.61. The Labute approximate surface area is 188 Å². The Morgan fingerprint density at radius 1 is 0.969 bits per heavy atom. The maximum atomic E-state index is 14.1. The number of carbonyl (C=O) groups excluding carboxylic acids is 1. The molecule has 2 heterocycles. The highest BCUT2D eigenvalue weighted by Gasteiger charge is 2.31. The molecule has 4 rings (SSSR count). The van der Waals surface area contributed by atoms with Gasteiger partial charge in [-0.15, -0.1) is 11.8 Å². The maximum Gasteiger partial charge on any atom is 0.416 e. The number of nitrogens with zero attached hydrogens (tertiary/aromatic N) is 3. The van der Waals surface area contributed by atoms with Gasteiger partial charge >= 0.3 is 6.18 Å². The van der Waals surface area contributed by atoms with Crippen molar-refractivity contribution in [2.75, 3.05) is 55.3 Å². The lowest BCUT2D eigenvalue weighted by molar-refractivity contribution is -0.137. The summed E-state index contributed by atoms with van der Waals surface area (Å²) in [5.41, 5.74) is 1.15. The summed E-state index contributed by atoms with van der Waals surface area (Å²) in [5, 5.41) is 0. The van der Waals surface area contributed by atoms with Crippen LogP contribution in [-0.2, 0) is 11.0 Å². The molecule has 9 heteroatoms. The zero-order valence-corrected chi connectivity index (χ0v) is 18.3. The lowest BCUT2D eigenvalue weighted by atomic mass is 10.1. The molecule has 170 valence electrons. The summed E-state index contributed by atoms with van der Waals surface area (Å²) in [6.07, 6.45) is -2.73. The van der Waals surface area contributed by atoms with Gasteiger partial charge in [0.2, 0.25) is 0 Å². The quantitative estimate of drug-likeness (QED) is 0.484. The Bertz CT molecular complexity index is 1010. The van der Waals surface area contributed by atoms with E-state index in [0.717, 1.165) is 44.0 Å². The molecule has 2 fully saturated rings. The molecule has 2 saturated heterocycles. The first kappa shape index (κ1) is 22.7. The Morgan fingerprint density at radius 2 is 1.66 bits per heavy atom. The van der Waals surface area contributed by atoms with Crippen LogP contribution in [0, 0.1) is 5.82 Å². The molecule has 2 aliphatic heterocycles. The van der Waals surface area contributed by atoms with Crippen molar-refractivity contribution in [3.63, 3.8) is 0 Å². The van der Waals surface area contributed by atoms with E-state index in [9.17, 15) is 22.4 Å². The first-order valence-corrected chi connectivity index (χ1v) is 11.3. The summed E-state index contributed by atoms with van der Waals surface area (Å²) in [4.78, 5) is 19.4. The fourth-order valence-corrected chi connectivity index (χ4v) is 4.78. The van der Waals surface area contributed by atoms with Crippen LogP contribution >= 0.6 is 11.8 Å².